The van der Waals surface area contributed by atoms with Crippen LogP contribution in [0.3, 0.4) is 0 Å². The molecular formula is C24H25N3O. The van der Waals surface area contributed by atoms with E-state index in [1.165, 1.54) is 11.1 Å². The first kappa shape index (κ1) is 18.2. The van der Waals surface area contributed by atoms with Gasteiger partial charge < -0.3 is 10.2 Å². The van der Waals surface area contributed by atoms with E-state index in [0.29, 0.717) is 12.5 Å². The molecule has 28 heavy (non-hydrogen) atoms. The average Bonchev–Trinajstić information content (AvgIpc) is 3.13. The minimum Gasteiger partial charge on any atom is -0.350 e. The highest BCUT2D eigenvalue weighted by Gasteiger charge is 2.41. The fourth-order valence-corrected chi connectivity index (χ4v) is 3.71. The second kappa shape index (κ2) is 7.85. The van der Waals surface area contributed by atoms with Crippen molar-refractivity contribution < 1.29 is 4.79 Å². The van der Waals surface area contributed by atoms with E-state index in [2.05, 4.69) is 55.6 Å². The molecule has 0 aliphatic carbocycles. The van der Waals surface area contributed by atoms with Crippen molar-refractivity contribution in [3.63, 3.8) is 0 Å². The number of hydrogen-bond donors (Lipinski definition) is 1. The van der Waals surface area contributed by atoms with Crippen LogP contribution in [0.4, 0.5) is 0 Å². The van der Waals surface area contributed by atoms with Crippen molar-refractivity contribution in [1.29, 1.82) is 0 Å². The van der Waals surface area contributed by atoms with Crippen LogP contribution in [-0.2, 0) is 11.3 Å². The topological polar surface area (TPSA) is 44.7 Å². The number of rotatable bonds is 5. The molecule has 4 heteroatoms. The maximum atomic E-state index is 13.0. The lowest BCUT2D eigenvalue weighted by Crippen LogP contribution is -2.49. The molecule has 0 saturated carbocycles. The van der Waals surface area contributed by atoms with Gasteiger partial charge in [0.05, 0.1) is 6.04 Å². The van der Waals surface area contributed by atoms with Crippen molar-refractivity contribution in [3.05, 3.63) is 84.6 Å². The highest BCUT2D eigenvalue weighted by molar-refractivity contribution is 6.01. The zero-order chi connectivity index (χ0) is 19.5. The summed E-state index contributed by atoms with van der Waals surface area (Å²) >= 11 is 0. The smallest absolute Gasteiger partial charge is 0.245 e. The molecule has 4 rings (SSSR count). The minimum atomic E-state index is -0.292. The molecule has 2 aromatic carbocycles. The summed E-state index contributed by atoms with van der Waals surface area (Å²) in [7, 11) is 0. The number of carbonyl (C=O) groups excluding carboxylic acids is 1. The van der Waals surface area contributed by atoms with Crippen LogP contribution in [0.2, 0.25) is 0 Å². The van der Waals surface area contributed by atoms with E-state index < -0.39 is 0 Å². The maximum absolute atomic E-state index is 13.0. The van der Waals surface area contributed by atoms with Crippen LogP contribution in [0.5, 0.6) is 0 Å². The number of allylic oxidation sites excluding steroid dienone is 2. The van der Waals surface area contributed by atoms with Crippen molar-refractivity contribution >= 4 is 11.7 Å². The number of amidine groups is 1. The van der Waals surface area contributed by atoms with Crippen LogP contribution in [0.15, 0.2) is 84.0 Å². The van der Waals surface area contributed by atoms with Crippen LogP contribution >= 0.6 is 0 Å². The van der Waals surface area contributed by atoms with E-state index in [-0.39, 0.29) is 18.0 Å². The van der Waals surface area contributed by atoms with Gasteiger partial charge in [-0.15, -0.1) is 0 Å². The zero-order valence-electron chi connectivity index (χ0n) is 16.2. The van der Waals surface area contributed by atoms with Crippen molar-refractivity contribution in [2.24, 2.45) is 10.9 Å². The normalized spacial score (nSPS) is 20.2. The monoisotopic (exact) mass is 371 g/mol. The SMILES string of the molecule is CC(C)C1N=C2C=CC=CN2C1C(=O)NCc1ccc(-c2ccccc2)cc1. The fourth-order valence-electron chi connectivity index (χ4n) is 3.71. The molecule has 1 amide bonds. The zero-order valence-corrected chi connectivity index (χ0v) is 16.2. The van der Waals surface area contributed by atoms with Gasteiger partial charge in [-0.25, -0.2) is 0 Å². The minimum absolute atomic E-state index is 0.0181. The average molecular weight is 371 g/mol. The fraction of sp³-hybridized carbons (Fsp3) is 0.250. The third kappa shape index (κ3) is 3.63. The molecule has 1 N–H and O–H groups in total. The van der Waals surface area contributed by atoms with Gasteiger partial charge in [-0.1, -0.05) is 74.5 Å². The van der Waals surface area contributed by atoms with E-state index in [1.54, 1.807) is 0 Å². The van der Waals surface area contributed by atoms with Crippen LogP contribution in [-0.4, -0.2) is 28.7 Å². The molecule has 0 bridgehead atoms. The molecule has 142 valence electrons. The highest BCUT2D eigenvalue weighted by Crippen LogP contribution is 2.27. The van der Waals surface area contributed by atoms with E-state index in [1.807, 2.05) is 47.5 Å². The van der Waals surface area contributed by atoms with Crippen LogP contribution in [0.25, 0.3) is 11.1 Å². The predicted molar refractivity (Wildman–Crippen MR) is 114 cm³/mol. The Kier molecular flexibility index (Phi) is 5.11. The third-order valence-electron chi connectivity index (χ3n) is 5.25. The second-order valence-corrected chi connectivity index (χ2v) is 7.56. The summed E-state index contributed by atoms with van der Waals surface area (Å²) in [6, 6.07) is 18.3. The quantitative estimate of drug-likeness (QED) is 0.858. The van der Waals surface area contributed by atoms with Gasteiger partial charge in [0.1, 0.15) is 11.9 Å². The summed E-state index contributed by atoms with van der Waals surface area (Å²) in [6.07, 6.45) is 7.82. The molecule has 2 aromatic rings. The Labute approximate surface area is 166 Å². The summed E-state index contributed by atoms with van der Waals surface area (Å²) < 4.78 is 0. The Balaban J connectivity index is 1.42. The molecule has 0 spiro atoms. The van der Waals surface area contributed by atoms with Gasteiger partial charge >= 0.3 is 0 Å². The number of amides is 1. The first-order chi connectivity index (χ1) is 13.6. The standard InChI is InChI=1S/C24H25N3O/c1-17(2)22-23(27-15-7-6-10-21(27)26-22)24(28)25-16-18-11-13-20(14-12-18)19-8-4-3-5-9-19/h3-15,17,22-23H,16H2,1-2H3,(H,25,28). The van der Waals surface area contributed by atoms with Crippen LogP contribution in [0, 0.1) is 5.92 Å². The molecule has 2 aliphatic rings. The molecular weight excluding hydrogens is 346 g/mol. The van der Waals surface area contributed by atoms with Crippen molar-refractivity contribution in [3.8, 4) is 11.1 Å². The van der Waals surface area contributed by atoms with Gasteiger partial charge in [0.2, 0.25) is 5.91 Å². The van der Waals surface area contributed by atoms with Gasteiger partial charge in [0, 0.05) is 12.7 Å². The van der Waals surface area contributed by atoms with Gasteiger partial charge in [-0.3, -0.25) is 9.79 Å². The Morgan fingerprint density at radius 2 is 1.75 bits per heavy atom. The maximum Gasteiger partial charge on any atom is 0.245 e. The molecule has 2 aliphatic heterocycles. The molecule has 2 atom stereocenters. The van der Waals surface area contributed by atoms with E-state index in [9.17, 15) is 4.79 Å². The van der Waals surface area contributed by atoms with E-state index >= 15 is 0 Å². The predicted octanol–water partition coefficient (Wildman–Crippen LogP) is 4.16. The number of nitrogens with zero attached hydrogens (tertiary/aromatic N) is 2. The molecule has 0 radical (unpaired) electrons. The summed E-state index contributed by atoms with van der Waals surface area (Å²) in [5, 5.41) is 3.11. The molecule has 0 fully saturated rings. The van der Waals surface area contributed by atoms with Crippen molar-refractivity contribution in [2.45, 2.75) is 32.5 Å². The largest absolute Gasteiger partial charge is 0.350 e. The van der Waals surface area contributed by atoms with Gasteiger partial charge in [-0.05, 0) is 34.8 Å². The number of carbonyl (C=O) groups is 1. The Hall–Kier alpha value is -3.14. The first-order valence-corrected chi connectivity index (χ1v) is 9.76. The van der Waals surface area contributed by atoms with Crippen LogP contribution in [0.1, 0.15) is 19.4 Å². The van der Waals surface area contributed by atoms with Gasteiger partial charge in [0.15, 0.2) is 0 Å². The Morgan fingerprint density at radius 1 is 1.04 bits per heavy atom. The first-order valence-electron chi connectivity index (χ1n) is 9.76. The number of nitrogens with one attached hydrogen (secondary N) is 1. The molecule has 2 heterocycles. The Bertz CT molecular complexity index is 926. The molecule has 0 aromatic heterocycles. The number of fused-ring (bicyclic) bond motifs is 1. The lowest BCUT2D eigenvalue weighted by Gasteiger charge is -2.28. The number of hydrogen-bond acceptors (Lipinski definition) is 3. The summed E-state index contributed by atoms with van der Waals surface area (Å²) in [5.74, 6) is 1.18. The Morgan fingerprint density at radius 3 is 2.46 bits per heavy atom. The lowest BCUT2D eigenvalue weighted by atomic mass is 9.96. The van der Waals surface area contributed by atoms with E-state index in [4.69, 9.17) is 4.99 Å². The molecule has 0 saturated heterocycles. The third-order valence-corrected chi connectivity index (χ3v) is 5.25. The van der Waals surface area contributed by atoms with Crippen molar-refractivity contribution in [1.82, 2.24) is 10.2 Å². The van der Waals surface area contributed by atoms with Crippen LogP contribution < -0.4 is 5.32 Å². The second-order valence-electron chi connectivity index (χ2n) is 7.56. The van der Waals surface area contributed by atoms with E-state index in [0.717, 1.165) is 11.4 Å². The molecule has 2 unspecified atom stereocenters. The highest BCUT2D eigenvalue weighted by atomic mass is 16.2. The number of benzene rings is 2. The van der Waals surface area contributed by atoms with Crippen molar-refractivity contribution in [2.75, 3.05) is 0 Å². The summed E-state index contributed by atoms with van der Waals surface area (Å²) in [4.78, 5) is 19.7. The summed E-state index contributed by atoms with van der Waals surface area (Å²) in [6.45, 7) is 4.74. The summed E-state index contributed by atoms with van der Waals surface area (Å²) in [5.41, 5.74) is 3.45. The lowest BCUT2D eigenvalue weighted by molar-refractivity contribution is -0.125. The number of aliphatic imine (C=N–C) groups is 1. The van der Waals surface area contributed by atoms with Gasteiger partial charge in [0.25, 0.3) is 0 Å². The molecule has 4 nitrogen and oxygen atoms in total. The van der Waals surface area contributed by atoms with Gasteiger partial charge in [-0.2, -0.15) is 0 Å².